The number of benzene rings is 8. The molecule has 3 nitrogen and oxygen atoms in total. The Morgan fingerprint density at radius 2 is 0.859 bits per heavy atom. The van der Waals surface area contributed by atoms with Crippen LogP contribution in [0, 0.1) is 6.92 Å². The normalized spacial score (nSPS) is 21.9. The molecule has 0 saturated heterocycles. The minimum atomic E-state index is -0.181. The van der Waals surface area contributed by atoms with Gasteiger partial charge in [0.2, 0.25) is 0 Å². The first-order valence-corrected chi connectivity index (χ1v) is 32.5. The standard InChI is InChI=1S/C81H92BN3/c1-51-42-59-61(78(12,13)40-38-76(59,8)9)49-69(51)84-68-33-30-54(52-26-20-18-21-27-52)43-64(68)82-65-48-60-62(79(14,15)41-39-77(60,10)11)50-70(65)83(66-34-31-55(74(2,3)4)44-58(66)53-28-22-19-23-29-53)71-46-57(47-72(84)73(71)82)85-67-35-32-56(75(5,6)7)45-63(67)80(16)36-24-25-37-81(80,85)17/h18-23,26-35,42-50H,24-25,36-41H2,1-17H3. The van der Waals surface area contributed by atoms with Crippen molar-refractivity contribution < 1.29 is 0 Å². The first kappa shape index (κ1) is 56.1. The quantitative estimate of drug-likeness (QED) is 0.159. The Kier molecular flexibility index (Phi) is 12.3. The molecular formula is C81H92BN3. The second-order valence-electron chi connectivity index (χ2n) is 32.3. The summed E-state index contributed by atoms with van der Waals surface area (Å²) in [5, 5.41) is 0. The van der Waals surface area contributed by atoms with E-state index in [-0.39, 0.29) is 50.2 Å². The van der Waals surface area contributed by atoms with Crippen molar-refractivity contribution in [3.05, 3.63) is 196 Å². The molecule has 0 radical (unpaired) electrons. The van der Waals surface area contributed by atoms with Crippen LogP contribution in [0.25, 0.3) is 22.3 Å². The lowest BCUT2D eigenvalue weighted by Gasteiger charge is -2.51. The smallest absolute Gasteiger partial charge is 0.252 e. The molecule has 2 atom stereocenters. The Morgan fingerprint density at radius 1 is 0.376 bits per heavy atom. The lowest BCUT2D eigenvalue weighted by atomic mass is 9.33. The zero-order chi connectivity index (χ0) is 59.9. The molecule has 85 heavy (non-hydrogen) atoms. The van der Waals surface area contributed by atoms with Crippen LogP contribution in [0.2, 0.25) is 0 Å². The summed E-state index contributed by atoms with van der Waals surface area (Å²) in [5.74, 6) is 0. The van der Waals surface area contributed by atoms with Gasteiger partial charge in [0, 0.05) is 50.8 Å². The van der Waals surface area contributed by atoms with Gasteiger partial charge in [-0.05, 0) is 211 Å². The van der Waals surface area contributed by atoms with Crippen molar-refractivity contribution in [2.24, 2.45) is 0 Å². The SMILES string of the molecule is Cc1cc2c(cc1N1c3ccc(-c4ccccc4)cc3B3c4cc5c(cc4N(c4ccc(C(C)(C)C)cc4-c4ccccc4)c4cc(N6c7ccc(C(C)(C)C)cc7C7(C)CCCCC67C)cc1c43)C(C)(C)CCC5(C)C)C(C)(C)CCC2(C)C. The van der Waals surface area contributed by atoms with E-state index in [9.17, 15) is 0 Å². The fourth-order valence-corrected chi connectivity index (χ4v) is 17.1. The van der Waals surface area contributed by atoms with Gasteiger partial charge in [-0.1, -0.05) is 220 Å². The van der Waals surface area contributed by atoms with E-state index in [0.29, 0.717) is 0 Å². The summed E-state index contributed by atoms with van der Waals surface area (Å²) < 4.78 is 0. The maximum Gasteiger partial charge on any atom is 0.252 e. The highest BCUT2D eigenvalue weighted by Crippen LogP contribution is 2.63. The molecule has 1 saturated carbocycles. The van der Waals surface area contributed by atoms with E-state index >= 15 is 0 Å². The average Bonchev–Trinajstić information content (AvgIpc) is 1.76. The molecular weight excluding hydrogens is 1030 g/mol. The van der Waals surface area contributed by atoms with E-state index in [2.05, 4.69) is 284 Å². The van der Waals surface area contributed by atoms with E-state index in [4.69, 9.17) is 0 Å². The molecule has 0 bridgehead atoms. The van der Waals surface area contributed by atoms with Gasteiger partial charge >= 0.3 is 0 Å². The fraction of sp³-hybridized carbons (Fsp3) is 0.407. The molecule has 0 N–H and O–H groups in total. The Labute approximate surface area is 511 Å². The molecule has 3 heterocycles. The van der Waals surface area contributed by atoms with E-state index in [1.165, 1.54) is 154 Å². The second kappa shape index (κ2) is 18.6. The van der Waals surface area contributed by atoms with Gasteiger partial charge in [0.1, 0.15) is 0 Å². The molecule has 434 valence electrons. The number of hydrogen-bond donors (Lipinski definition) is 0. The predicted molar refractivity (Wildman–Crippen MR) is 367 cm³/mol. The van der Waals surface area contributed by atoms with E-state index < -0.39 is 0 Å². The van der Waals surface area contributed by atoms with E-state index in [1.54, 1.807) is 0 Å². The Bertz CT molecular complexity index is 4050. The number of hydrogen-bond acceptors (Lipinski definition) is 3. The average molecular weight is 1120 g/mol. The summed E-state index contributed by atoms with van der Waals surface area (Å²) in [6, 6.07) is 61.2. The Balaban J connectivity index is 1.17. The summed E-state index contributed by atoms with van der Waals surface area (Å²) in [6.07, 6.45) is 9.37. The Morgan fingerprint density at radius 3 is 1.45 bits per heavy atom. The van der Waals surface area contributed by atoms with Crippen LogP contribution in [0.4, 0.5) is 45.5 Å². The topological polar surface area (TPSA) is 9.72 Å². The van der Waals surface area contributed by atoms with Crippen LogP contribution in [0.3, 0.4) is 0 Å². The Hall–Kier alpha value is -6.78. The monoisotopic (exact) mass is 1120 g/mol. The lowest BCUT2D eigenvalue weighted by molar-refractivity contribution is 0.195. The second-order valence-corrected chi connectivity index (χ2v) is 32.3. The number of fused-ring (bicyclic) bond motifs is 9. The fourth-order valence-electron chi connectivity index (χ4n) is 17.1. The zero-order valence-electron chi connectivity index (χ0n) is 54.5. The van der Waals surface area contributed by atoms with Crippen LogP contribution < -0.4 is 31.1 Å². The summed E-state index contributed by atoms with van der Waals surface area (Å²) in [6.45, 7) is 41.9. The molecule has 3 aliphatic carbocycles. The van der Waals surface area contributed by atoms with E-state index in [0.717, 1.165) is 25.7 Å². The minimum Gasteiger partial charge on any atom is -0.334 e. The van der Waals surface area contributed by atoms with Crippen LogP contribution in [0.15, 0.2) is 152 Å². The third kappa shape index (κ3) is 8.39. The summed E-state index contributed by atoms with van der Waals surface area (Å²) in [7, 11) is 0. The van der Waals surface area contributed by atoms with Crippen molar-refractivity contribution in [1.29, 1.82) is 0 Å². The first-order chi connectivity index (χ1) is 40.0. The van der Waals surface area contributed by atoms with Gasteiger partial charge in [0.15, 0.2) is 0 Å². The molecule has 8 aromatic rings. The number of aryl methyl sites for hydroxylation is 1. The van der Waals surface area contributed by atoms with Gasteiger partial charge in [0.05, 0.1) is 11.2 Å². The highest BCUT2D eigenvalue weighted by atomic mass is 15.3. The number of nitrogens with zero attached hydrogens (tertiary/aromatic N) is 3. The third-order valence-corrected chi connectivity index (χ3v) is 23.0. The zero-order valence-corrected chi connectivity index (χ0v) is 54.5. The largest absolute Gasteiger partial charge is 0.334 e. The highest BCUT2D eigenvalue weighted by Gasteiger charge is 2.59. The molecule has 0 amide bonds. The van der Waals surface area contributed by atoms with Gasteiger partial charge < -0.3 is 14.7 Å². The summed E-state index contributed by atoms with van der Waals surface area (Å²) >= 11 is 0. The molecule has 0 spiro atoms. The molecule has 8 aromatic carbocycles. The minimum absolute atomic E-state index is 0.00440. The van der Waals surface area contributed by atoms with Gasteiger partial charge in [0.25, 0.3) is 6.71 Å². The van der Waals surface area contributed by atoms with Gasteiger partial charge in [-0.2, -0.15) is 0 Å². The number of anilines is 8. The van der Waals surface area contributed by atoms with Crippen LogP contribution >= 0.6 is 0 Å². The van der Waals surface area contributed by atoms with Crippen LogP contribution in [-0.2, 0) is 37.9 Å². The van der Waals surface area contributed by atoms with Crippen LogP contribution in [0.5, 0.6) is 0 Å². The maximum atomic E-state index is 2.88. The lowest BCUT2D eigenvalue weighted by Crippen LogP contribution is -2.62. The van der Waals surface area contributed by atoms with Crippen molar-refractivity contribution in [2.75, 3.05) is 14.7 Å². The summed E-state index contributed by atoms with van der Waals surface area (Å²) in [5.41, 5.74) is 30.8. The number of rotatable bonds is 5. The van der Waals surface area contributed by atoms with Crippen LogP contribution in [0.1, 0.15) is 207 Å². The molecule has 0 aromatic heterocycles. The van der Waals surface area contributed by atoms with Gasteiger partial charge in [-0.25, -0.2) is 0 Å². The maximum absolute atomic E-state index is 2.88. The molecule has 1 fully saturated rings. The molecule has 4 heteroatoms. The van der Waals surface area contributed by atoms with Gasteiger partial charge in [-0.15, -0.1) is 0 Å². The van der Waals surface area contributed by atoms with Crippen molar-refractivity contribution in [2.45, 2.75) is 213 Å². The molecule has 3 aliphatic heterocycles. The van der Waals surface area contributed by atoms with E-state index in [1.807, 2.05) is 0 Å². The van der Waals surface area contributed by atoms with Gasteiger partial charge in [-0.3, -0.25) is 0 Å². The molecule has 2 unspecified atom stereocenters. The highest BCUT2D eigenvalue weighted by molar-refractivity contribution is 7.00. The predicted octanol–water partition coefficient (Wildman–Crippen LogP) is 20.4. The van der Waals surface area contributed by atoms with Crippen LogP contribution in [-0.4, -0.2) is 12.3 Å². The van der Waals surface area contributed by atoms with Crippen molar-refractivity contribution in [3.8, 4) is 22.3 Å². The van der Waals surface area contributed by atoms with Crippen molar-refractivity contribution in [1.82, 2.24) is 0 Å². The summed E-state index contributed by atoms with van der Waals surface area (Å²) in [4.78, 5) is 8.44. The molecule has 6 aliphatic rings. The third-order valence-electron chi connectivity index (χ3n) is 23.0. The first-order valence-electron chi connectivity index (χ1n) is 32.5. The van der Waals surface area contributed by atoms with Crippen molar-refractivity contribution in [3.63, 3.8) is 0 Å². The van der Waals surface area contributed by atoms with Crippen molar-refractivity contribution >= 4 is 68.6 Å². The molecule has 14 rings (SSSR count).